The van der Waals surface area contributed by atoms with Crippen molar-refractivity contribution in [2.24, 2.45) is 0 Å². The molecule has 0 aliphatic rings. The van der Waals surface area contributed by atoms with E-state index in [4.69, 9.17) is 10.8 Å². The van der Waals surface area contributed by atoms with Crippen LogP contribution in [0.4, 0.5) is 5.69 Å². The molecule has 0 spiro atoms. The second-order valence-corrected chi connectivity index (χ2v) is 3.45. The average Bonchev–Trinajstić information content (AvgIpc) is 2.47. The molecule has 7 heteroatoms. The Morgan fingerprint density at radius 1 is 1.57 bits per heavy atom. The zero-order valence-electron chi connectivity index (χ0n) is 6.81. The lowest BCUT2D eigenvalue weighted by Gasteiger charge is -2.01. The molecule has 0 saturated carbocycles. The van der Waals surface area contributed by atoms with Gasteiger partial charge in [0.2, 0.25) is 0 Å². The second kappa shape index (κ2) is 2.95. The fourth-order valence-corrected chi connectivity index (χ4v) is 1.56. The number of carbonyl (C=O) groups is 1. The SMILES string of the molecule is Nc1cnn2c(C(=O)O)c(Br)cnc12. The molecular weight excluding hydrogens is 252 g/mol. The second-order valence-electron chi connectivity index (χ2n) is 2.60. The molecule has 2 rings (SSSR count). The van der Waals surface area contributed by atoms with Gasteiger partial charge in [0, 0.05) is 6.20 Å². The Labute approximate surface area is 86.5 Å². The Morgan fingerprint density at radius 2 is 2.29 bits per heavy atom. The van der Waals surface area contributed by atoms with Crippen LogP contribution in [-0.2, 0) is 0 Å². The van der Waals surface area contributed by atoms with Gasteiger partial charge in [0.25, 0.3) is 0 Å². The third-order valence-electron chi connectivity index (χ3n) is 1.71. The van der Waals surface area contributed by atoms with Crippen molar-refractivity contribution in [2.45, 2.75) is 0 Å². The summed E-state index contributed by atoms with van der Waals surface area (Å²) in [7, 11) is 0. The van der Waals surface area contributed by atoms with Crippen LogP contribution in [0.3, 0.4) is 0 Å². The topological polar surface area (TPSA) is 93.5 Å². The lowest BCUT2D eigenvalue weighted by Crippen LogP contribution is -2.08. The summed E-state index contributed by atoms with van der Waals surface area (Å²) in [5.74, 6) is -1.09. The van der Waals surface area contributed by atoms with Gasteiger partial charge in [-0.15, -0.1) is 0 Å². The summed E-state index contributed by atoms with van der Waals surface area (Å²) in [6, 6.07) is 0. The molecule has 0 fully saturated rings. The fraction of sp³-hybridized carbons (Fsp3) is 0. The van der Waals surface area contributed by atoms with E-state index in [2.05, 4.69) is 26.0 Å². The number of carboxylic acids is 1. The van der Waals surface area contributed by atoms with Crippen LogP contribution in [0.5, 0.6) is 0 Å². The maximum Gasteiger partial charge on any atom is 0.355 e. The van der Waals surface area contributed by atoms with Crippen molar-refractivity contribution < 1.29 is 9.90 Å². The molecule has 2 aromatic heterocycles. The van der Waals surface area contributed by atoms with Gasteiger partial charge in [-0.25, -0.2) is 14.3 Å². The van der Waals surface area contributed by atoms with Gasteiger partial charge in [0.15, 0.2) is 11.3 Å². The predicted octanol–water partition coefficient (Wildman–Crippen LogP) is 0.772. The zero-order chi connectivity index (χ0) is 10.3. The minimum atomic E-state index is -1.09. The molecule has 72 valence electrons. The van der Waals surface area contributed by atoms with Crippen molar-refractivity contribution in [3.8, 4) is 0 Å². The molecule has 0 amide bonds. The van der Waals surface area contributed by atoms with Crippen molar-refractivity contribution in [3.05, 3.63) is 22.6 Å². The molecule has 14 heavy (non-hydrogen) atoms. The van der Waals surface area contributed by atoms with Crippen molar-refractivity contribution in [1.29, 1.82) is 0 Å². The van der Waals surface area contributed by atoms with Crippen LogP contribution >= 0.6 is 15.9 Å². The van der Waals surface area contributed by atoms with E-state index in [0.29, 0.717) is 15.8 Å². The van der Waals surface area contributed by atoms with Crippen molar-refractivity contribution in [2.75, 3.05) is 5.73 Å². The fourth-order valence-electron chi connectivity index (χ4n) is 1.12. The quantitative estimate of drug-likeness (QED) is 0.786. The van der Waals surface area contributed by atoms with Crippen molar-refractivity contribution in [3.63, 3.8) is 0 Å². The molecule has 6 nitrogen and oxygen atoms in total. The molecule has 2 aromatic rings. The Hall–Kier alpha value is -1.63. The maximum atomic E-state index is 10.9. The number of hydrogen-bond donors (Lipinski definition) is 2. The highest BCUT2D eigenvalue weighted by molar-refractivity contribution is 9.10. The predicted molar refractivity (Wildman–Crippen MR) is 52.1 cm³/mol. The molecule has 0 atom stereocenters. The highest BCUT2D eigenvalue weighted by Crippen LogP contribution is 2.19. The minimum Gasteiger partial charge on any atom is -0.476 e. The number of halogens is 1. The highest BCUT2D eigenvalue weighted by Gasteiger charge is 2.16. The number of aromatic carboxylic acids is 1. The minimum absolute atomic E-state index is 0.00620. The molecule has 0 aromatic carbocycles. The van der Waals surface area contributed by atoms with Gasteiger partial charge >= 0.3 is 5.97 Å². The Balaban J connectivity index is 2.90. The molecular formula is C7H5BrN4O2. The molecule has 2 heterocycles. The molecule has 0 aliphatic carbocycles. The Morgan fingerprint density at radius 3 is 2.93 bits per heavy atom. The number of fused-ring (bicyclic) bond motifs is 1. The van der Waals surface area contributed by atoms with E-state index in [-0.39, 0.29) is 5.69 Å². The van der Waals surface area contributed by atoms with E-state index >= 15 is 0 Å². The maximum absolute atomic E-state index is 10.9. The third kappa shape index (κ3) is 1.13. The number of nitrogens with two attached hydrogens (primary N) is 1. The van der Waals surface area contributed by atoms with Gasteiger partial charge in [0.05, 0.1) is 16.4 Å². The summed E-state index contributed by atoms with van der Waals surface area (Å²) in [4.78, 5) is 14.8. The van der Waals surface area contributed by atoms with Crippen molar-refractivity contribution >= 4 is 33.2 Å². The van der Waals surface area contributed by atoms with E-state index in [1.54, 1.807) is 0 Å². The van der Waals surface area contributed by atoms with E-state index in [9.17, 15) is 4.79 Å². The van der Waals surface area contributed by atoms with Crippen LogP contribution in [0.25, 0.3) is 5.65 Å². The summed E-state index contributed by atoms with van der Waals surface area (Å²) in [5.41, 5.74) is 6.23. The highest BCUT2D eigenvalue weighted by atomic mass is 79.9. The van der Waals surface area contributed by atoms with Crippen LogP contribution in [-0.4, -0.2) is 25.7 Å². The van der Waals surface area contributed by atoms with Gasteiger partial charge < -0.3 is 10.8 Å². The van der Waals surface area contributed by atoms with Crippen LogP contribution in [0.15, 0.2) is 16.9 Å². The van der Waals surface area contributed by atoms with Gasteiger partial charge in [-0.3, -0.25) is 0 Å². The first-order valence-electron chi connectivity index (χ1n) is 3.62. The summed E-state index contributed by atoms with van der Waals surface area (Å²) >= 11 is 3.08. The van der Waals surface area contributed by atoms with E-state index in [1.165, 1.54) is 16.9 Å². The van der Waals surface area contributed by atoms with Gasteiger partial charge in [0.1, 0.15) is 0 Å². The lowest BCUT2D eigenvalue weighted by atomic mass is 10.4. The summed E-state index contributed by atoms with van der Waals surface area (Å²) < 4.78 is 1.54. The summed E-state index contributed by atoms with van der Waals surface area (Å²) in [6.45, 7) is 0. The monoisotopic (exact) mass is 256 g/mol. The number of carboxylic acid groups (broad SMARTS) is 1. The lowest BCUT2D eigenvalue weighted by molar-refractivity contribution is 0.0686. The zero-order valence-corrected chi connectivity index (χ0v) is 8.39. The van der Waals surface area contributed by atoms with Gasteiger partial charge in [-0.05, 0) is 15.9 Å². The van der Waals surface area contributed by atoms with Crippen LogP contribution in [0.2, 0.25) is 0 Å². The number of rotatable bonds is 1. The Kier molecular flexibility index (Phi) is 1.88. The smallest absolute Gasteiger partial charge is 0.355 e. The van der Waals surface area contributed by atoms with Gasteiger partial charge in [-0.1, -0.05) is 0 Å². The summed E-state index contributed by atoms with van der Waals surface area (Å²) in [6.07, 6.45) is 2.75. The van der Waals surface area contributed by atoms with Crippen LogP contribution in [0.1, 0.15) is 10.5 Å². The number of nitrogen functional groups attached to an aromatic ring is 1. The standard InChI is InChI=1S/C7H5BrN4O2/c8-3-1-10-6-4(9)2-11-12(6)5(3)7(13)14/h1-2H,9H2,(H,13,14). The molecule has 0 saturated heterocycles. The average molecular weight is 257 g/mol. The molecule has 0 bridgehead atoms. The van der Waals surface area contributed by atoms with Crippen molar-refractivity contribution in [1.82, 2.24) is 14.6 Å². The van der Waals surface area contributed by atoms with Gasteiger partial charge in [-0.2, -0.15) is 5.10 Å². The molecule has 0 unspecified atom stereocenters. The largest absolute Gasteiger partial charge is 0.476 e. The first kappa shape index (κ1) is 8.95. The summed E-state index contributed by atoms with van der Waals surface area (Å²) in [5, 5.41) is 12.7. The Bertz CT molecular complexity index is 522. The number of nitrogens with zero attached hydrogens (tertiary/aromatic N) is 3. The van der Waals surface area contributed by atoms with Crippen LogP contribution < -0.4 is 5.73 Å². The molecule has 0 aliphatic heterocycles. The van der Waals surface area contributed by atoms with E-state index in [1.807, 2.05) is 0 Å². The number of aromatic nitrogens is 3. The normalized spacial score (nSPS) is 10.6. The third-order valence-corrected chi connectivity index (χ3v) is 2.29. The first-order chi connectivity index (χ1) is 6.61. The van der Waals surface area contributed by atoms with Crippen LogP contribution in [0, 0.1) is 0 Å². The van der Waals surface area contributed by atoms with E-state index in [0.717, 1.165) is 0 Å². The van der Waals surface area contributed by atoms with E-state index < -0.39 is 5.97 Å². The molecule has 0 radical (unpaired) electrons. The molecule has 3 N–H and O–H groups in total. The first-order valence-corrected chi connectivity index (χ1v) is 4.41. The number of hydrogen-bond acceptors (Lipinski definition) is 4. The number of anilines is 1.